The van der Waals surface area contributed by atoms with Gasteiger partial charge in [-0.2, -0.15) is 11.8 Å². The average molecular weight is 214 g/mol. The Morgan fingerprint density at radius 1 is 1.64 bits per heavy atom. The molecule has 0 radical (unpaired) electrons. The Morgan fingerprint density at radius 2 is 2.43 bits per heavy atom. The third-order valence-corrected chi connectivity index (χ3v) is 3.43. The van der Waals surface area contributed by atoms with Gasteiger partial charge in [-0.3, -0.25) is 0 Å². The van der Waals surface area contributed by atoms with Crippen LogP contribution in [0.5, 0.6) is 0 Å². The smallest absolute Gasteiger partial charge is 0.109 e. The molecule has 0 aliphatic rings. The lowest BCUT2D eigenvalue weighted by molar-refractivity contribution is 0.289. The van der Waals surface area contributed by atoms with Crippen LogP contribution >= 0.6 is 11.8 Å². The zero-order chi connectivity index (χ0) is 10.4. The van der Waals surface area contributed by atoms with Gasteiger partial charge in [0.1, 0.15) is 5.82 Å². The van der Waals surface area contributed by atoms with Crippen molar-refractivity contribution in [1.82, 2.24) is 9.55 Å². The summed E-state index contributed by atoms with van der Waals surface area (Å²) in [5.41, 5.74) is 0. The molecule has 1 aromatic heterocycles. The fourth-order valence-electron chi connectivity index (χ4n) is 1.25. The first-order chi connectivity index (χ1) is 6.74. The quantitative estimate of drug-likeness (QED) is 0.779. The van der Waals surface area contributed by atoms with Gasteiger partial charge < -0.3 is 9.67 Å². The van der Waals surface area contributed by atoms with E-state index in [9.17, 15) is 0 Å². The van der Waals surface area contributed by atoms with Crippen LogP contribution in [0.25, 0.3) is 0 Å². The number of aromatic nitrogens is 2. The van der Waals surface area contributed by atoms with Gasteiger partial charge in [-0.05, 0) is 6.42 Å². The van der Waals surface area contributed by atoms with Crippen LogP contribution in [0.4, 0.5) is 0 Å². The highest BCUT2D eigenvalue weighted by molar-refractivity contribution is 7.99. The highest BCUT2D eigenvalue weighted by Gasteiger charge is 2.03. The van der Waals surface area contributed by atoms with Gasteiger partial charge in [-0.1, -0.05) is 6.92 Å². The molecule has 14 heavy (non-hydrogen) atoms. The number of hydrogen-bond acceptors (Lipinski definition) is 3. The lowest BCUT2D eigenvalue weighted by atomic mass is 10.3. The predicted molar refractivity (Wildman–Crippen MR) is 60.5 cm³/mol. The summed E-state index contributed by atoms with van der Waals surface area (Å²) in [6.45, 7) is 2.44. The van der Waals surface area contributed by atoms with Crippen molar-refractivity contribution in [2.75, 3.05) is 12.4 Å². The number of hydrogen-bond donors (Lipinski definition) is 1. The first kappa shape index (κ1) is 11.6. The second-order valence-corrected chi connectivity index (χ2v) is 4.94. The van der Waals surface area contributed by atoms with Crippen LogP contribution in [0, 0.1) is 0 Å². The molecule has 0 aliphatic heterocycles. The van der Waals surface area contributed by atoms with Crippen LogP contribution in [-0.2, 0) is 13.5 Å². The molecular formula is C10H18N2OS. The van der Waals surface area contributed by atoms with E-state index in [0.29, 0.717) is 5.25 Å². The van der Waals surface area contributed by atoms with E-state index in [-0.39, 0.29) is 6.61 Å². The number of nitrogens with zero attached hydrogens (tertiary/aromatic N) is 2. The molecule has 80 valence electrons. The molecule has 0 amide bonds. The molecule has 4 heteroatoms. The lowest BCUT2D eigenvalue weighted by Gasteiger charge is -2.08. The Kier molecular flexibility index (Phi) is 5.04. The monoisotopic (exact) mass is 214 g/mol. The highest BCUT2D eigenvalue weighted by atomic mass is 32.2. The molecule has 0 saturated heterocycles. The summed E-state index contributed by atoms with van der Waals surface area (Å²) in [6.07, 6.45) is 5.68. The minimum atomic E-state index is 0.288. The Labute approximate surface area is 89.5 Å². The number of aliphatic hydroxyl groups excluding tert-OH is 1. The molecule has 0 fully saturated rings. The summed E-state index contributed by atoms with van der Waals surface area (Å²) in [7, 11) is 2.02. The van der Waals surface area contributed by atoms with E-state index in [1.807, 2.05) is 31.2 Å². The lowest BCUT2D eigenvalue weighted by Crippen LogP contribution is -2.04. The normalized spacial score (nSPS) is 13.1. The van der Waals surface area contributed by atoms with Crippen LogP contribution in [0.3, 0.4) is 0 Å². The molecule has 0 aliphatic carbocycles. The number of rotatable bonds is 6. The molecule has 1 atom stereocenters. The van der Waals surface area contributed by atoms with E-state index in [1.165, 1.54) is 0 Å². The minimum absolute atomic E-state index is 0.288. The van der Waals surface area contributed by atoms with Gasteiger partial charge in [0.05, 0.1) is 0 Å². The largest absolute Gasteiger partial charge is 0.396 e. The molecule has 1 unspecified atom stereocenters. The van der Waals surface area contributed by atoms with Gasteiger partial charge in [0.2, 0.25) is 0 Å². The van der Waals surface area contributed by atoms with E-state index in [4.69, 9.17) is 5.11 Å². The average Bonchev–Trinajstić information content (AvgIpc) is 2.52. The number of imidazole rings is 1. The summed E-state index contributed by atoms with van der Waals surface area (Å²) in [5.74, 6) is 2.21. The molecule has 0 saturated carbocycles. The Hall–Kier alpha value is -0.480. The SMILES string of the molecule is CC(CCO)SCCc1nccn1C. The van der Waals surface area contributed by atoms with E-state index in [0.717, 1.165) is 24.4 Å². The fraction of sp³-hybridized carbons (Fsp3) is 0.700. The van der Waals surface area contributed by atoms with Crippen LogP contribution in [0.2, 0.25) is 0 Å². The fourth-order valence-corrected chi connectivity index (χ4v) is 2.23. The Morgan fingerprint density at radius 3 is 3.00 bits per heavy atom. The van der Waals surface area contributed by atoms with Gasteiger partial charge in [0.15, 0.2) is 0 Å². The van der Waals surface area contributed by atoms with Crippen LogP contribution in [-0.4, -0.2) is 32.3 Å². The van der Waals surface area contributed by atoms with Crippen molar-refractivity contribution in [3.8, 4) is 0 Å². The summed E-state index contributed by atoms with van der Waals surface area (Å²) in [5, 5.41) is 9.28. The van der Waals surface area contributed by atoms with Gasteiger partial charge in [0.25, 0.3) is 0 Å². The topological polar surface area (TPSA) is 38.1 Å². The first-order valence-corrected chi connectivity index (χ1v) is 5.97. The number of aliphatic hydroxyl groups is 1. The van der Waals surface area contributed by atoms with Gasteiger partial charge >= 0.3 is 0 Å². The van der Waals surface area contributed by atoms with Crippen LogP contribution in [0.1, 0.15) is 19.2 Å². The molecule has 3 nitrogen and oxygen atoms in total. The Bertz CT molecular complexity index is 262. The van der Waals surface area contributed by atoms with Crippen molar-refractivity contribution in [3.63, 3.8) is 0 Å². The third kappa shape index (κ3) is 3.72. The molecule has 0 bridgehead atoms. The predicted octanol–water partition coefficient (Wildman–Crippen LogP) is 1.47. The second-order valence-electron chi connectivity index (χ2n) is 3.40. The molecule has 1 heterocycles. The summed E-state index contributed by atoms with van der Waals surface area (Å²) >= 11 is 1.89. The van der Waals surface area contributed by atoms with Crippen molar-refractivity contribution in [3.05, 3.63) is 18.2 Å². The summed E-state index contributed by atoms with van der Waals surface area (Å²) in [4.78, 5) is 4.26. The van der Waals surface area contributed by atoms with Crippen molar-refractivity contribution >= 4 is 11.8 Å². The van der Waals surface area contributed by atoms with Crippen molar-refractivity contribution in [2.45, 2.75) is 25.0 Å². The molecule has 1 rings (SSSR count). The molecule has 1 aromatic rings. The maximum absolute atomic E-state index is 8.73. The van der Waals surface area contributed by atoms with E-state index < -0.39 is 0 Å². The minimum Gasteiger partial charge on any atom is -0.396 e. The zero-order valence-corrected chi connectivity index (χ0v) is 9.63. The van der Waals surface area contributed by atoms with Gasteiger partial charge in [-0.15, -0.1) is 0 Å². The van der Waals surface area contributed by atoms with Crippen molar-refractivity contribution < 1.29 is 5.11 Å². The standard InChI is InChI=1S/C10H18N2OS/c1-9(3-7-13)14-8-4-10-11-5-6-12(10)2/h5-6,9,13H,3-4,7-8H2,1-2H3. The van der Waals surface area contributed by atoms with Gasteiger partial charge in [-0.25, -0.2) is 4.98 Å². The van der Waals surface area contributed by atoms with E-state index in [1.54, 1.807) is 0 Å². The second kappa shape index (κ2) is 6.09. The molecule has 1 N–H and O–H groups in total. The third-order valence-electron chi connectivity index (χ3n) is 2.18. The maximum Gasteiger partial charge on any atom is 0.109 e. The zero-order valence-electron chi connectivity index (χ0n) is 8.81. The van der Waals surface area contributed by atoms with Crippen molar-refractivity contribution in [2.24, 2.45) is 7.05 Å². The first-order valence-electron chi connectivity index (χ1n) is 4.92. The summed E-state index contributed by atoms with van der Waals surface area (Å²) in [6, 6.07) is 0. The van der Waals surface area contributed by atoms with Gasteiger partial charge in [0, 0.05) is 43.5 Å². The maximum atomic E-state index is 8.73. The van der Waals surface area contributed by atoms with Crippen LogP contribution < -0.4 is 0 Å². The highest BCUT2D eigenvalue weighted by Crippen LogP contribution is 2.14. The van der Waals surface area contributed by atoms with Crippen LogP contribution in [0.15, 0.2) is 12.4 Å². The summed E-state index contributed by atoms with van der Waals surface area (Å²) < 4.78 is 2.05. The molecule has 0 spiro atoms. The Balaban J connectivity index is 2.19. The van der Waals surface area contributed by atoms with Crippen molar-refractivity contribution in [1.29, 1.82) is 0 Å². The van der Waals surface area contributed by atoms with E-state index >= 15 is 0 Å². The number of aryl methyl sites for hydroxylation is 2. The van der Waals surface area contributed by atoms with E-state index in [2.05, 4.69) is 16.5 Å². The molecular weight excluding hydrogens is 196 g/mol. The number of thioether (sulfide) groups is 1. The molecule has 0 aromatic carbocycles.